The Morgan fingerprint density at radius 2 is 2.00 bits per heavy atom. The number of aliphatic carboxylic acids is 1. The monoisotopic (exact) mass is 347 g/mol. The number of rotatable bonds is 5. The minimum Gasteiger partial charge on any atom is -0.490 e. The van der Waals surface area contributed by atoms with Gasteiger partial charge in [0.15, 0.2) is 11.5 Å². The van der Waals surface area contributed by atoms with Crippen LogP contribution in [0.25, 0.3) is 0 Å². The van der Waals surface area contributed by atoms with Crippen LogP contribution in [0, 0.1) is 0 Å². The second-order valence-electron chi connectivity index (χ2n) is 5.38. The molecule has 0 fully saturated rings. The van der Waals surface area contributed by atoms with Crippen LogP contribution in [0.4, 0.5) is 0 Å². The lowest BCUT2D eigenvalue weighted by Crippen LogP contribution is -2.42. The molecule has 1 amide bonds. The van der Waals surface area contributed by atoms with Gasteiger partial charge in [-0.25, -0.2) is 4.79 Å². The fraction of sp³-hybridized carbons (Fsp3) is 0.294. The van der Waals surface area contributed by atoms with Crippen molar-refractivity contribution in [3.8, 4) is 11.5 Å². The van der Waals surface area contributed by atoms with Gasteiger partial charge in [0.1, 0.15) is 6.04 Å². The number of ether oxygens (including phenoxy) is 2. The van der Waals surface area contributed by atoms with E-state index in [-0.39, 0.29) is 12.3 Å². The maximum atomic E-state index is 12.1. The summed E-state index contributed by atoms with van der Waals surface area (Å²) >= 11 is 1.27. The molecule has 1 atom stereocenters. The van der Waals surface area contributed by atoms with E-state index in [2.05, 4.69) is 5.32 Å². The van der Waals surface area contributed by atoms with E-state index in [0.717, 1.165) is 12.0 Å². The average molecular weight is 347 g/mol. The van der Waals surface area contributed by atoms with Crippen molar-refractivity contribution in [3.05, 3.63) is 46.2 Å². The van der Waals surface area contributed by atoms with Gasteiger partial charge in [-0.2, -0.15) is 0 Å². The van der Waals surface area contributed by atoms with Crippen molar-refractivity contribution < 1.29 is 24.2 Å². The highest BCUT2D eigenvalue weighted by molar-refractivity contribution is 7.12. The van der Waals surface area contributed by atoms with Crippen LogP contribution in [-0.4, -0.2) is 36.2 Å². The molecule has 0 aliphatic carbocycles. The normalized spacial score (nSPS) is 14.5. The third-order valence-corrected chi connectivity index (χ3v) is 4.47. The number of carboxylic acid groups (broad SMARTS) is 1. The van der Waals surface area contributed by atoms with E-state index in [9.17, 15) is 14.7 Å². The molecule has 0 saturated carbocycles. The first kappa shape index (κ1) is 16.3. The summed E-state index contributed by atoms with van der Waals surface area (Å²) < 4.78 is 11.2. The van der Waals surface area contributed by atoms with Gasteiger partial charge in [0.05, 0.1) is 18.1 Å². The third kappa shape index (κ3) is 3.86. The van der Waals surface area contributed by atoms with Gasteiger partial charge in [0.2, 0.25) is 0 Å². The van der Waals surface area contributed by atoms with Crippen molar-refractivity contribution in [2.75, 3.05) is 13.2 Å². The highest BCUT2D eigenvalue weighted by Gasteiger charge is 2.22. The Hall–Kier alpha value is -2.54. The van der Waals surface area contributed by atoms with Crippen LogP contribution in [-0.2, 0) is 11.2 Å². The van der Waals surface area contributed by atoms with Gasteiger partial charge in [0.25, 0.3) is 5.91 Å². The molecule has 1 aromatic carbocycles. The lowest BCUT2D eigenvalue weighted by molar-refractivity contribution is -0.139. The number of thiophene rings is 1. The first-order valence-electron chi connectivity index (χ1n) is 7.59. The van der Waals surface area contributed by atoms with Crippen molar-refractivity contribution in [2.45, 2.75) is 18.9 Å². The maximum Gasteiger partial charge on any atom is 0.326 e. The smallest absolute Gasteiger partial charge is 0.326 e. The molecule has 3 rings (SSSR count). The molecular weight excluding hydrogens is 330 g/mol. The molecule has 126 valence electrons. The highest BCUT2D eigenvalue weighted by Crippen LogP contribution is 2.30. The van der Waals surface area contributed by atoms with Gasteiger partial charge < -0.3 is 19.9 Å². The number of carboxylic acids is 1. The highest BCUT2D eigenvalue weighted by atomic mass is 32.1. The maximum absolute atomic E-state index is 12.1. The minimum absolute atomic E-state index is 0.170. The summed E-state index contributed by atoms with van der Waals surface area (Å²) in [5.41, 5.74) is 0.762. The number of hydrogen-bond acceptors (Lipinski definition) is 5. The Balaban J connectivity index is 1.72. The molecule has 6 nitrogen and oxygen atoms in total. The van der Waals surface area contributed by atoms with Gasteiger partial charge in [-0.3, -0.25) is 4.79 Å². The summed E-state index contributed by atoms with van der Waals surface area (Å²) in [7, 11) is 0. The van der Waals surface area contributed by atoms with Crippen LogP contribution >= 0.6 is 11.3 Å². The van der Waals surface area contributed by atoms with Crippen molar-refractivity contribution in [3.63, 3.8) is 0 Å². The predicted molar refractivity (Wildman–Crippen MR) is 89.0 cm³/mol. The van der Waals surface area contributed by atoms with Crippen molar-refractivity contribution in [2.24, 2.45) is 0 Å². The van der Waals surface area contributed by atoms with E-state index in [0.29, 0.717) is 29.6 Å². The predicted octanol–water partition coefficient (Wildman–Crippen LogP) is 2.34. The molecule has 2 heterocycles. The van der Waals surface area contributed by atoms with Gasteiger partial charge in [0, 0.05) is 12.8 Å². The molecule has 24 heavy (non-hydrogen) atoms. The molecule has 1 aliphatic heterocycles. The van der Waals surface area contributed by atoms with Gasteiger partial charge >= 0.3 is 5.97 Å². The zero-order valence-corrected chi connectivity index (χ0v) is 13.7. The number of hydrogen-bond donors (Lipinski definition) is 2. The Labute approximate surface area is 143 Å². The quantitative estimate of drug-likeness (QED) is 0.867. The van der Waals surface area contributed by atoms with Crippen LogP contribution in [0.5, 0.6) is 11.5 Å². The van der Waals surface area contributed by atoms with Crippen LogP contribution in [0.1, 0.15) is 21.7 Å². The van der Waals surface area contributed by atoms with Gasteiger partial charge in [-0.1, -0.05) is 12.1 Å². The molecule has 0 bridgehead atoms. The minimum atomic E-state index is -1.08. The topological polar surface area (TPSA) is 84.9 Å². The van der Waals surface area contributed by atoms with E-state index >= 15 is 0 Å². The summed E-state index contributed by atoms with van der Waals surface area (Å²) in [4.78, 5) is 24.1. The Bertz CT molecular complexity index is 729. The number of nitrogens with one attached hydrogen (secondary N) is 1. The fourth-order valence-corrected chi connectivity index (χ4v) is 3.03. The Morgan fingerprint density at radius 1 is 1.21 bits per heavy atom. The molecule has 7 heteroatoms. The molecule has 2 aromatic rings. The number of benzene rings is 1. The lowest BCUT2D eigenvalue weighted by atomic mass is 10.1. The molecule has 1 aromatic heterocycles. The van der Waals surface area contributed by atoms with Crippen molar-refractivity contribution >= 4 is 23.2 Å². The fourth-order valence-electron chi connectivity index (χ4n) is 2.41. The number of fused-ring (bicyclic) bond motifs is 1. The van der Waals surface area contributed by atoms with Crippen molar-refractivity contribution in [1.29, 1.82) is 0 Å². The summed E-state index contributed by atoms with van der Waals surface area (Å²) in [6, 6.07) is 7.74. The molecule has 0 radical (unpaired) electrons. The van der Waals surface area contributed by atoms with Gasteiger partial charge in [-0.15, -0.1) is 11.3 Å². The Kier molecular flexibility index (Phi) is 5.00. The molecule has 0 spiro atoms. The molecular formula is C17H17NO5S. The second kappa shape index (κ2) is 7.35. The SMILES string of the molecule is O=C(NC(Cc1ccc2c(c1)OCCCO2)C(=O)O)c1cccs1. The standard InChI is InChI=1S/C17H17NO5S/c19-16(15-3-1-8-24-15)18-12(17(20)21)9-11-4-5-13-14(10-11)23-7-2-6-22-13/h1,3-5,8,10,12H,2,6-7,9H2,(H,18,19)(H,20,21). The first-order chi connectivity index (χ1) is 11.6. The number of carbonyl (C=O) groups is 2. The molecule has 1 aliphatic rings. The van der Waals surface area contributed by atoms with E-state index in [4.69, 9.17) is 9.47 Å². The largest absolute Gasteiger partial charge is 0.490 e. The average Bonchev–Trinajstić information content (AvgIpc) is 3.00. The van der Waals surface area contributed by atoms with E-state index in [1.807, 2.05) is 0 Å². The molecule has 0 saturated heterocycles. The van der Waals surface area contributed by atoms with E-state index < -0.39 is 12.0 Å². The summed E-state index contributed by atoms with van der Waals surface area (Å²) in [5, 5.41) is 13.7. The van der Waals surface area contributed by atoms with Crippen LogP contribution in [0.2, 0.25) is 0 Å². The van der Waals surface area contributed by atoms with E-state index in [1.165, 1.54) is 11.3 Å². The zero-order chi connectivity index (χ0) is 16.9. The van der Waals surface area contributed by atoms with Crippen LogP contribution in [0.15, 0.2) is 35.7 Å². The van der Waals surface area contributed by atoms with Crippen molar-refractivity contribution in [1.82, 2.24) is 5.32 Å². The summed E-state index contributed by atoms with van der Waals surface area (Å²) in [6.45, 7) is 1.16. The second-order valence-corrected chi connectivity index (χ2v) is 6.32. The lowest BCUT2D eigenvalue weighted by Gasteiger charge is -2.15. The van der Waals surface area contributed by atoms with E-state index in [1.54, 1.807) is 35.7 Å². The number of carbonyl (C=O) groups excluding carboxylic acids is 1. The van der Waals surface area contributed by atoms with Crippen LogP contribution < -0.4 is 14.8 Å². The third-order valence-electron chi connectivity index (χ3n) is 3.60. The van der Waals surface area contributed by atoms with Gasteiger partial charge in [-0.05, 0) is 29.1 Å². The molecule has 1 unspecified atom stereocenters. The van der Waals surface area contributed by atoms with Crippen LogP contribution in [0.3, 0.4) is 0 Å². The summed E-state index contributed by atoms with van der Waals surface area (Å²) in [6.07, 6.45) is 0.974. The first-order valence-corrected chi connectivity index (χ1v) is 8.47. The Morgan fingerprint density at radius 3 is 2.71 bits per heavy atom. The summed E-state index contributed by atoms with van der Waals surface area (Å²) in [5.74, 6) is -0.191. The molecule has 2 N–H and O–H groups in total. The number of amides is 1. The zero-order valence-electron chi connectivity index (χ0n) is 12.9.